The lowest BCUT2D eigenvalue weighted by Crippen LogP contribution is -2.47. The molecule has 25 heavy (non-hydrogen) atoms. The Balaban J connectivity index is 1.39. The summed E-state index contributed by atoms with van der Waals surface area (Å²) in [7, 11) is 0. The molecule has 0 radical (unpaired) electrons. The number of thiophene rings is 1. The van der Waals surface area contributed by atoms with Crippen molar-refractivity contribution in [1.82, 2.24) is 24.8 Å². The zero-order valence-corrected chi connectivity index (χ0v) is 15.2. The third kappa shape index (κ3) is 3.74. The van der Waals surface area contributed by atoms with Crippen LogP contribution < -0.4 is 5.56 Å². The number of halogens is 1. The first-order valence-corrected chi connectivity index (χ1v) is 9.40. The van der Waals surface area contributed by atoms with E-state index in [-0.39, 0.29) is 5.56 Å². The third-order valence-electron chi connectivity index (χ3n) is 4.44. The third-order valence-corrected chi connectivity index (χ3v) is 5.65. The predicted octanol–water partition coefficient (Wildman–Crippen LogP) is 2.28. The number of hydrogen-bond donors (Lipinski definition) is 0. The minimum Gasteiger partial charge on any atom is -0.296 e. The van der Waals surface area contributed by atoms with Gasteiger partial charge in [0.25, 0.3) is 5.56 Å². The lowest BCUT2D eigenvalue weighted by atomic mass is 10.2. The van der Waals surface area contributed by atoms with Gasteiger partial charge in [0.05, 0.1) is 16.4 Å². The van der Waals surface area contributed by atoms with Crippen LogP contribution in [-0.2, 0) is 13.2 Å². The molecule has 0 bridgehead atoms. The molecular weight excluding hydrogens is 358 g/mol. The molecule has 2 aromatic heterocycles. The molecule has 0 spiro atoms. The topological polar surface area (TPSA) is 54.3 Å². The lowest BCUT2D eigenvalue weighted by Gasteiger charge is -2.34. The molecule has 0 aliphatic carbocycles. The molecule has 3 aromatic rings. The van der Waals surface area contributed by atoms with Gasteiger partial charge in [0.1, 0.15) is 5.52 Å². The van der Waals surface area contributed by atoms with Crippen LogP contribution in [0.25, 0.3) is 10.9 Å². The summed E-state index contributed by atoms with van der Waals surface area (Å²) in [4.78, 5) is 18.5. The molecule has 0 N–H and O–H groups in total. The van der Waals surface area contributed by atoms with Crippen LogP contribution in [0.2, 0.25) is 4.34 Å². The van der Waals surface area contributed by atoms with Gasteiger partial charge in [-0.25, -0.2) is 0 Å². The zero-order valence-electron chi connectivity index (χ0n) is 13.6. The fourth-order valence-corrected chi connectivity index (χ4v) is 4.18. The van der Waals surface area contributed by atoms with Crippen molar-refractivity contribution in [3.8, 4) is 0 Å². The number of hydrogen-bond acceptors (Lipinski definition) is 6. The highest BCUT2D eigenvalue weighted by Gasteiger charge is 2.18. The van der Waals surface area contributed by atoms with E-state index in [1.807, 2.05) is 24.3 Å². The summed E-state index contributed by atoms with van der Waals surface area (Å²) in [5.41, 5.74) is 0.560. The fraction of sp³-hybridized carbons (Fsp3) is 0.353. The van der Waals surface area contributed by atoms with E-state index < -0.39 is 0 Å². The van der Waals surface area contributed by atoms with E-state index in [2.05, 4.69) is 26.2 Å². The van der Waals surface area contributed by atoms with E-state index in [0.717, 1.165) is 37.1 Å². The Kier molecular flexibility index (Phi) is 4.80. The summed E-state index contributed by atoms with van der Waals surface area (Å²) < 4.78 is 2.29. The summed E-state index contributed by atoms with van der Waals surface area (Å²) >= 11 is 7.63. The number of piperazine rings is 1. The molecule has 8 heteroatoms. The summed E-state index contributed by atoms with van der Waals surface area (Å²) in [6.45, 7) is 5.15. The molecule has 1 aliphatic rings. The van der Waals surface area contributed by atoms with Crippen LogP contribution >= 0.6 is 22.9 Å². The monoisotopic (exact) mass is 375 g/mol. The van der Waals surface area contributed by atoms with E-state index in [0.29, 0.717) is 17.6 Å². The van der Waals surface area contributed by atoms with Crippen LogP contribution in [0.1, 0.15) is 4.88 Å². The van der Waals surface area contributed by atoms with E-state index in [4.69, 9.17) is 11.6 Å². The van der Waals surface area contributed by atoms with Gasteiger partial charge >= 0.3 is 0 Å². The van der Waals surface area contributed by atoms with E-state index in [1.54, 1.807) is 17.4 Å². The Morgan fingerprint density at radius 2 is 1.80 bits per heavy atom. The standard InChI is InChI=1S/C17H18ClN5OS/c18-16-6-5-13(25-16)11-21-7-9-22(10-8-21)12-23-17(24)14-3-1-2-4-15(14)19-20-23/h1-6H,7-12H2. The summed E-state index contributed by atoms with van der Waals surface area (Å²) in [6.07, 6.45) is 0. The Morgan fingerprint density at radius 1 is 1.04 bits per heavy atom. The lowest BCUT2D eigenvalue weighted by molar-refractivity contribution is 0.0967. The Morgan fingerprint density at radius 3 is 2.56 bits per heavy atom. The Labute approximate surface area is 154 Å². The van der Waals surface area contributed by atoms with Crippen LogP contribution in [0, 0.1) is 0 Å². The second kappa shape index (κ2) is 7.21. The van der Waals surface area contributed by atoms with Crippen LogP contribution in [0.3, 0.4) is 0 Å². The molecule has 0 atom stereocenters. The second-order valence-corrected chi connectivity index (χ2v) is 7.95. The van der Waals surface area contributed by atoms with E-state index >= 15 is 0 Å². The number of aromatic nitrogens is 3. The highest BCUT2D eigenvalue weighted by atomic mass is 35.5. The number of fused-ring (bicyclic) bond motifs is 1. The van der Waals surface area contributed by atoms with E-state index in [9.17, 15) is 4.79 Å². The van der Waals surface area contributed by atoms with Crippen molar-refractivity contribution in [2.45, 2.75) is 13.2 Å². The molecule has 1 aliphatic heterocycles. The Bertz CT molecular complexity index is 932. The van der Waals surface area contributed by atoms with Crippen molar-refractivity contribution in [1.29, 1.82) is 0 Å². The van der Waals surface area contributed by atoms with Crippen molar-refractivity contribution < 1.29 is 0 Å². The van der Waals surface area contributed by atoms with Gasteiger partial charge in [0.15, 0.2) is 0 Å². The maximum Gasteiger partial charge on any atom is 0.278 e. The maximum absolute atomic E-state index is 12.5. The number of benzene rings is 1. The quantitative estimate of drug-likeness (QED) is 0.700. The molecule has 0 saturated carbocycles. The minimum absolute atomic E-state index is 0.0822. The average Bonchev–Trinajstić information content (AvgIpc) is 3.04. The molecule has 130 valence electrons. The Hall–Kier alpha value is -1.80. The van der Waals surface area contributed by atoms with Gasteiger partial charge in [0.2, 0.25) is 0 Å². The average molecular weight is 376 g/mol. The van der Waals surface area contributed by atoms with Crippen LogP contribution in [-0.4, -0.2) is 51.0 Å². The molecule has 6 nitrogen and oxygen atoms in total. The number of rotatable bonds is 4. The normalized spacial score (nSPS) is 16.5. The van der Waals surface area contributed by atoms with Crippen molar-refractivity contribution in [2.75, 3.05) is 26.2 Å². The van der Waals surface area contributed by atoms with E-state index in [1.165, 1.54) is 9.56 Å². The predicted molar refractivity (Wildman–Crippen MR) is 100.0 cm³/mol. The van der Waals surface area contributed by atoms with Gasteiger partial charge in [-0.2, -0.15) is 4.68 Å². The highest BCUT2D eigenvalue weighted by molar-refractivity contribution is 7.16. The molecule has 1 saturated heterocycles. The summed E-state index contributed by atoms with van der Waals surface area (Å²) in [5, 5.41) is 8.84. The molecule has 0 unspecified atom stereocenters. The first kappa shape index (κ1) is 16.7. The first-order chi connectivity index (χ1) is 12.2. The molecule has 1 fully saturated rings. The van der Waals surface area contributed by atoms with Crippen LogP contribution in [0.15, 0.2) is 41.2 Å². The zero-order chi connectivity index (χ0) is 17.2. The van der Waals surface area contributed by atoms with Crippen molar-refractivity contribution in [3.63, 3.8) is 0 Å². The van der Waals surface area contributed by atoms with Gasteiger partial charge in [-0.15, -0.1) is 16.4 Å². The summed E-state index contributed by atoms with van der Waals surface area (Å²) in [5.74, 6) is 0. The van der Waals surface area contributed by atoms with Gasteiger partial charge in [-0.3, -0.25) is 14.6 Å². The highest BCUT2D eigenvalue weighted by Crippen LogP contribution is 2.23. The SMILES string of the molecule is O=c1c2ccccc2nnn1CN1CCN(Cc2ccc(Cl)s2)CC1. The van der Waals surface area contributed by atoms with Gasteiger partial charge in [-0.05, 0) is 24.3 Å². The fourth-order valence-electron chi connectivity index (χ4n) is 3.05. The van der Waals surface area contributed by atoms with Crippen molar-refractivity contribution in [3.05, 3.63) is 56.0 Å². The molecular formula is C17H18ClN5OS. The van der Waals surface area contributed by atoms with Crippen molar-refractivity contribution in [2.24, 2.45) is 0 Å². The molecule has 3 heterocycles. The number of nitrogens with zero attached hydrogens (tertiary/aromatic N) is 5. The maximum atomic E-state index is 12.5. The van der Waals surface area contributed by atoms with Gasteiger partial charge < -0.3 is 0 Å². The van der Waals surface area contributed by atoms with Crippen molar-refractivity contribution >= 4 is 33.8 Å². The minimum atomic E-state index is -0.0822. The second-order valence-electron chi connectivity index (χ2n) is 6.15. The molecule has 4 rings (SSSR count). The van der Waals surface area contributed by atoms with Crippen LogP contribution in [0.4, 0.5) is 0 Å². The van der Waals surface area contributed by atoms with Crippen LogP contribution in [0.5, 0.6) is 0 Å². The van der Waals surface area contributed by atoms with Gasteiger partial charge in [-0.1, -0.05) is 28.9 Å². The largest absolute Gasteiger partial charge is 0.296 e. The smallest absolute Gasteiger partial charge is 0.278 e. The van der Waals surface area contributed by atoms with Gasteiger partial charge in [0, 0.05) is 37.6 Å². The molecule has 1 aromatic carbocycles. The first-order valence-electron chi connectivity index (χ1n) is 8.20. The summed E-state index contributed by atoms with van der Waals surface area (Å²) in [6, 6.07) is 11.4. The molecule has 0 amide bonds.